The molecule has 0 unspecified atom stereocenters. The zero-order valence-corrected chi connectivity index (χ0v) is 28.1. The average Bonchev–Trinajstić information content (AvgIpc) is 3.00. The Balaban J connectivity index is 0.000000229. The quantitative estimate of drug-likeness (QED) is 0.133. The maximum atomic E-state index is 4.83. The maximum Gasteiger partial charge on any atom is 0.0555 e. The van der Waals surface area contributed by atoms with E-state index in [1.165, 1.54) is 5.56 Å². The molecule has 0 saturated heterocycles. The van der Waals surface area contributed by atoms with Gasteiger partial charge in [0.25, 0.3) is 0 Å². The summed E-state index contributed by atoms with van der Waals surface area (Å²) in [5, 5.41) is 5.95. The van der Waals surface area contributed by atoms with E-state index in [4.69, 9.17) is 5.32 Å². The van der Waals surface area contributed by atoms with Crippen molar-refractivity contribution in [3.05, 3.63) is 200 Å². The standard InChI is InChI=1S/C18H17N2.3C7H7.Hf/c1-13(2)15-9-3-4-10-16(15)20-17-11-5-7-14-8-6-12-19-18(14)17;3*1-7-5-3-2-4-6-7;/h3-13H,1-2H3;3*2-6H,1H2;/q4*-1;. The Labute approximate surface area is 271 Å². The predicted molar refractivity (Wildman–Crippen MR) is 178 cm³/mol. The molecule has 1 aromatic heterocycles. The molecule has 0 aliphatic rings. The molecule has 2 nitrogen and oxygen atoms in total. The topological polar surface area (TPSA) is 27.0 Å². The Bertz CT molecular complexity index is 1460. The third kappa shape index (κ3) is 12.1. The molecule has 0 aliphatic heterocycles. The molecule has 0 N–H and O–H groups in total. The summed E-state index contributed by atoms with van der Waals surface area (Å²) < 4.78 is 0. The third-order valence-electron chi connectivity index (χ3n) is 5.94. The first kappa shape index (κ1) is 34.0. The number of hydrogen-bond donors (Lipinski definition) is 0. The fraction of sp³-hybridized carbons (Fsp3) is 0.0769. The molecule has 6 aromatic rings. The molecule has 6 rings (SSSR count). The van der Waals surface area contributed by atoms with Crippen molar-refractivity contribution < 1.29 is 25.8 Å². The molecule has 0 aliphatic carbocycles. The fourth-order valence-corrected chi connectivity index (χ4v) is 3.82. The van der Waals surface area contributed by atoms with E-state index in [0.717, 1.165) is 39.0 Å². The van der Waals surface area contributed by atoms with Crippen LogP contribution in [0.1, 0.15) is 42.0 Å². The van der Waals surface area contributed by atoms with E-state index in [2.05, 4.69) is 69.9 Å². The Kier molecular flexibility index (Phi) is 15.4. The minimum Gasteiger partial charge on any atom is -0.656 e. The summed E-state index contributed by atoms with van der Waals surface area (Å²) in [5.74, 6) is 0.456. The fourth-order valence-electron chi connectivity index (χ4n) is 3.82. The van der Waals surface area contributed by atoms with Crippen molar-refractivity contribution >= 4 is 22.3 Å². The summed E-state index contributed by atoms with van der Waals surface area (Å²) >= 11 is 0. The van der Waals surface area contributed by atoms with Crippen LogP contribution in [0.5, 0.6) is 0 Å². The van der Waals surface area contributed by atoms with Gasteiger partial charge in [0.15, 0.2) is 0 Å². The van der Waals surface area contributed by atoms with E-state index < -0.39 is 0 Å². The number of pyridine rings is 1. The number of hydrogen-bond acceptors (Lipinski definition) is 1. The van der Waals surface area contributed by atoms with Gasteiger partial charge in [-0.15, -0.1) is 47.8 Å². The average molecular weight is 713 g/mol. The Hall–Kier alpha value is -4.21. The van der Waals surface area contributed by atoms with Crippen LogP contribution in [0.3, 0.4) is 0 Å². The number of benzene rings is 5. The molecule has 42 heavy (non-hydrogen) atoms. The van der Waals surface area contributed by atoms with E-state index in [-0.39, 0.29) is 25.8 Å². The second-order valence-electron chi connectivity index (χ2n) is 9.63. The van der Waals surface area contributed by atoms with Crippen molar-refractivity contribution in [1.29, 1.82) is 0 Å². The van der Waals surface area contributed by atoms with Crippen LogP contribution in [0.15, 0.2) is 152 Å². The van der Waals surface area contributed by atoms with Crippen molar-refractivity contribution in [3.63, 3.8) is 0 Å². The summed E-state index contributed by atoms with van der Waals surface area (Å²) in [6.45, 7) is 15.5. The Morgan fingerprint density at radius 3 is 1.38 bits per heavy atom. The van der Waals surface area contributed by atoms with Gasteiger partial charge in [0.1, 0.15) is 0 Å². The summed E-state index contributed by atoms with van der Waals surface area (Å²) in [4.78, 5) is 4.46. The van der Waals surface area contributed by atoms with Gasteiger partial charge in [0, 0.05) is 32.0 Å². The molecule has 0 radical (unpaired) electrons. The zero-order chi connectivity index (χ0) is 29.3. The second kappa shape index (κ2) is 19.0. The van der Waals surface area contributed by atoms with Crippen molar-refractivity contribution in [2.75, 3.05) is 0 Å². The van der Waals surface area contributed by atoms with Gasteiger partial charge >= 0.3 is 0 Å². The van der Waals surface area contributed by atoms with Gasteiger partial charge in [-0.1, -0.05) is 86.1 Å². The number of aromatic nitrogens is 1. The van der Waals surface area contributed by atoms with Crippen molar-refractivity contribution in [1.82, 2.24) is 4.98 Å². The van der Waals surface area contributed by atoms with E-state index in [1.807, 2.05) is 121 Å². The first-order valence-corrected chi connectivity index (χ1v) is 13.7. The summed E-state index contributed by atoms with van der Waals surface area (Å²) in [6, 6.07) is 48.1. The van der Waals surface area contributed by atoms with Gasteiger partial charge in [-0.2, -0.15) is 73.9 Å². The molecule has 0 atom stereocenters. The van der Waals surface area contributed by atoms with Crippen molar-refractivity contribution in [3.8, 4) is 0 Å². The minimum atomic E-state index is 0. The van der Waals surface area contributed by atoms with Crippen LogP contribution in [0.25, 0.3) is 16.2 Å². The number of para-hydroxylation sites is 2. The van der Waals surface area contributed by atoms with E-state index >= 15 is 0 Å². The van der Waals surface area contributed by atoms with Crippen LogP contribution in [-0.2, 0) is 25.8 Å². The normalized spacial score (nSPS) is 9.50. The summed E-state index contributed by atoms with van der Waals surface area (Å²) in [7, 11) is 0. The first-order chi connectivity index (χ1) is 19.9. The number of rotatable bonds is 3. The van der Waals surface area contributed by atoms with E-state index in [9.17, 15) is 0 Å². The number of fused-ring (bicyclic) bond motifs is 1. The SMILES string of the molecule is CC(C)c1ccccc1[N-]c1cccc2cccnc12.[CH2-]c1ccccc1.[CH2-]c1ccccc1.[CH2-]c1ccccc1.[Hf]. The molecule has 1 heterocycles. The first-order valence-electron chi connectivity index (χ1n) is 13.7. The monoisotopic (exact) mass is 714 g/mol. The van der Waals surface area contributed by atoms with Crippen LogP contribution in [-0.4, -0.2) is 4.98 Å². The van der Waals surface area contributed by atoms with Crippen molar-refractivity contribution in [2.24, 2.45) is 0 Å². The zero-order valence-electron chi connectivity index (χ0n) is 24.5. The Morgan fingerprint density at radius 2 is 0.929 bits per heavy atom. The van der Waals surface area contributed by atoms with Crippen LogP contribution >= 0.6 is 0 Å². The molecular weight excluding hydrogens is 675 g/mol. The smallest absolute Gasteiger partial charge is 0.0555 e. The van der Waals surface area contributed by atoms with Crippen LogP contribution in [0.4, 0.5) is 11.4 Å². The van der Waals surface area contributed by atoms with Gasteiger partial charge in [-0.05, 0) is 17.4 Å². The number of nitrogens with zero attached hydrogens (tertiary/aromatic N) is 2. The third-order valence-corrected chi connectivity index (χ3v) is 5.94. The van der Waals surface area contributed by atoms with Crippen molar-refractivity contribution in [2.45, 2.75) is 19.8 Å². The largest absolute Gasteiger partial charge is 0.656 e. The maximum absolute atomic E-state index is 4.83. The van der Waals surface area contributed by atoms with Gasteiger partial charge in [0.05, 0.1) is 5.52 Å². The summed E-state index contributed by atoms with van der Waals surface area (Å²) in [5.41, 5.74) is 7.39. The van der Waals surface area contributed by atoms with Crippen LogP contribution in [0, 0.1) is 20.8 Å². The van der Waals surface area contributed by atoms with E-state index in [1.54, 1.807) is 0 Å². The summed E-state index contributed by atoms with van der Waals surface area (Å²) in [6.07, 6.45) is 1.82. The Morgan fingerprint density at radius 1 is 0.500 bits per heavy atom. The van der Waals surface area contributed by atoms with Crippen LogP contribution < -0.4 is 0 Å². The molecule has 0 saturated carbocycles. The molecule has 0 spiro atoms. The molecule has 0 bridgehead atoms. The van der Waals surface area contributed by atoms with Crippen LogP contribution in [0.2, 0.25) is 0 Å². The minimum absolute atomic E-state index is 0. The molecular formula is C39H38HfN2-4. The van der Waals surface area contributed by atoms with Gasteiger partial charge < -0.3 is 5.32 Å². The molecule has 3 heteroatoms. The molecule has 5 aromatic carbocycles. The molecule has 0 fully saturated rings. The van der Waals surface area contributed by atoms with Gasteiger partial charge in [0.2, 0.25) is 0 Å². The molecule has 0 amide bonds. The van der Waals surface area contributed by atoms with Gasteiger partial charge in [-0.25, -0.2) is 0 Å². The van der Waals surface area contributed by atoms with Gasteiger partial charge in [-0.3, -0.25) is 4.98 Å². The molecule has 212 valence electrons. The van der Waals surface area contributed by atoms with E-state index in [0.29, 0.717) is 5.92 Å². The predicted octanol–water partition coefficient (Wildman–Crippen LogP) is 11.3. The second-order valence-corrected chi connectivity index (χ2v) is 9.63.